The number of hydrogen-bond acceptors (Lipinski definition) is 5. The largest absolute Gasteiger partial charge is 0.417 e. The molecule has 1 aliphatic heterocycles. The van der Waals surface area contributed by atoms with Crippen molar-refractivity contribution in [2.75, 3.05) is 18.0 Å². The van der Waals surface area contributed by atoms with Crippen molar-refractivity contribution in [2.24, 2.45) is 0 Å². The normalized spacial score (nSPS) is 17.1. The highest BCUT2D eigenvalue weighted by Crippen LogP contribution is 2.30. The molecule has 0 spiro atoms. The second-order valence-electron chi connectivity index (χ2n) is 6.45. The van der Waals surface area contributed by atoms with Gasteiger partial charge in [-0.3, -0.25) is 9.89 Å². The fourth-order valence-electron chi connectivity index (χ4n) is 3.08. The molecule has 1 atom stereocenters. The molecule has 1 amide bonds. The summed E-state index contributed by atoms with van der Waals surface area (Å²) in [6.07, 6.45) is -2.90. The highest BCUT2D eigenvalue weighted by Gasteiger charge is 2.31. The molecule has 0 saturated carbocycles. The zero-order valence-electron chi connectivity index (χ0n) is 14.5. The van der Waals surface area contributed by atoms with Crippen LogP contribution in [0.3, 0.4) is 0 Å². The van der Waals surface area contributed by atoms with Gasteiger partial charge in [-0.25, -0.2) is 4.98 Å². The molecule has 4 heterocycles. The standard InChI is InChI=1S/C18H16F3N5OS/c19-18(20,21)11-3-4-16(22-9-11)26-6-5-12(10-26)23-17(27)14-8-13(24-25-14)15-2-1-7-28-15/h1-4,7-9,12H,5-6,10H2,(H,23,27)(H,24,25)/t12-/m0/s1. The predicted molar refractivity (Wildman–Crippen MR) is 99.2 cm³/mol. The van der Waals surface area contributed by atoms with Gasteiger partial charge in [-0.05, 0) is 36.1 Å². The molecule has 3 aromatic rings. The van der Waals surface area contributed by atoms with E-state index < -0.39 is 11.7 Å². The van der Waals surface area contributed by atoms with E-state index in [-0.39, 0.29) is 11.9 Å². The van der Waals surface area contributed by atoms with Crippen molar-refractivity contribution in [3.63, 3.8) is 0 Å². The Morgan fingerprint density at radius 2 is 2.18 bits per heavy atom. The Morgan fingerprint density at radius 1 is 1.32 bits per heavy atom. The van der Waals surface area contributed by atoms with Crippen molar-refractivity contribution in [3.05, 3.63) is 53.2 Å². The third kappa shape index (κ3) is 3.86. The Balaban J connectivity index is 1.36. The summed E-state index contributed by atoms with van der Waals surface area (Å²) in [5, 5.41) is 11.8. The predicted octanol–water partition coefficient (Wildman–Crippen LogP) is 3.56. The molecule has 1 aliphatic rings. The summed E-state index contributed by atoms with van der Waals surface area (Å²) < 4.78 is 37.9. The first-order chi connectivity index (χ1) is 13.4. The van der Waals surface area contributed by atoms with E-state index in [1.54, 1.807) is 17.4 Å². The number of aromatic nitrogens is 3. The van der Waals surface area contributed by atoms with Gasteiger partial charge in [-0.2, -0.15) is 18.3 Å². The minimum atomic E-state index is -4.40. The first-order valence-corrected chi connectivity index (χ1v) is 9.46. The van der Waals surface area contributed by atoms with Crippen LogP contribution in [0.15, 0.2) is 41.9 Å². The summed E-state index contributed by atoms with van der Waals surface area (Å²) >= 11 is 1.55. The van der Waals surface area contributed by atoms with E-state index >= 15 is 0 Å². The van der Waals surface area contributed by atoms with E-state index in [9.17, 15) is 18.0 Å². The lowest BCUT2D eigenvalue weighted by Crippen LogP contribution is -2.37. The maximum absolute atomic E-state index is 12.6. The van der Waals surface area contributed by atoms with E-state index in [0.717, 1.165) is 22.8 Å². The van der Waals surface area contributed by atoms with Crippen LogP contribution in [0, 0.1) is 0 Å². The Hall–Kier alpha value is -2.88. The van der Waals surface area contributed by atoms with Crippen molar-refractivity contribution in [3.8, 4) is 10.6 Å². The lowest BCUT2D eigenvalue weighted by atomic mass is 10.2. The van der Waals surface area contributed by atoms with Gasteiger partial charge in [-0.1, -0.05) is 6.07 Å². The number of alkyl halides is 3. The van der Waals surface area contributed by atoms with Crippen LogP contribution in [-0.2, 0) is 6.18 Å². The van der Waals surface area contributed by atoms with Crippen LogP contribution in [-0.4, -0.2) is 40.2 Å². The molecule has 0 aliphatic carbocycles. The quantitative estimate of drug-likeness (QED) is 0.694. The van der Waals surface area contributed by atoms with Gasteiger partial charge < -0.3 is 10.2 Å². The molecule has 146 valence electrons. The second-order valence-corrected chi connectivity index (χ2v) is 7.40. The number of halogens is 3. The lowest BCUT2D eigenvalue weighted by molar-refractivity contribution is -0.137. The number of pyridine rings is 1. The van der Waals surface area contributed by atoms with Crippen LogP contribution in [0.5, 0.6) is 0 Å². The molecule has 2 N–H and O–H groups in total. The Labute approximate surface area is 162 Å². The number of hydrogen-bond donors (Lipinski definition) is 2. The van der Waals surface area contributed by atoms with Crippen LogP contribution in [0.1, 0.15) is 22.5 Å². The van der Waals surface area contributed by atoms with Gasteiger partial charge in [0.15, 0.2) is 5.69 Å². The summed E-state index contributed by atoms with van der Waals surface area (Å²) in [6.45, 7) is 1.08. The van der Waals surface area contributed by atoms with Gasteiger partial charge in [0.25, 0.3) is 5.91 Å². The maximum Gasteiger partial charge on any atom is 0.417 e. The van der Waals surface area contributed by atoms with E-state index in [0.29, 0.717) is 31.0 Å². The van der Waals surface area contributed by atoms with Crippen molar-refractivity contribution < 1.29 is 18.0 Å². The maximum atomic E-state index is 12.6. The van der Waals surface area contributed by atoms with Gasteiger partial charge in [-0.15, -0.1) is 11.3 Å². The molecule has 1 fully saturated rings. The minimum Gasteiger partial charge on any atom is -0.354 e. The van der Waals surface area contributed by atoms with Gasteiger partial charge in [0, 0.05) is 25.3 Å². The molecule has 0 bridgehead atoms. The molecular formula is C18H16F3N5OS. The number of anilines is 1. The van der Waals surface area contributed by atoms with Crippen molar-refractivity contribution in [1.82, 2.24) is 20.5 Å². The zero-order valence-corrected chi connectivity index (χ0v) is 15.3. The van der Waals surface area contributed by atoms with Crippen LogP contribution < -0.4 is 10.2 Å². The summed E-state index contributed by atoms with van der Waals surface area (Å²) in [6, 6.07) is 7.80. The number of carbonyl (C=O) groups is 1. The number of H-pyrrole nitrogens is 1. The first kappa shape index (κ1) is 18.5. The number of nitrogens with zero attached hydrogens (tertiary/aromatic N) is 3. The van der Waals surface area contributed by atoms with Crippen molar-refractivity contribution in [1.29, 1.82) is 0 Å². The average Bonchev–Trinajstić information content (AvgIpc) is 3.41. The first-order valence-electron chi connectivity index (χ1n) is 8.58. The topological polar surface area (TPSA) is 73.9 Å². The molecule has 0 aromatic carbocycles. The van der Waals surface area contributed by atoms with Crippen LogP contribution in [0.2, 0.25) is 0 Å². The average molecular weight is 407 g/mol. The fraction of sp³-hybridized carbons (Fsp3) is 0.278. The third-order valence-electron chi connectivity index (χ3n) is 4.52. The molecule has 28 heavy (non-hydrogen) atoms. The molecule has 4 rings (SSSR count). The van der Waals surface area contributed by atoms with Gasteiger partial charge in [0.05, 0.1) is 16.1 Å². The van der Waals surface area contributed by atoms with Crippen molar-refractivity contribution >= 4 is 23.1 Å². The lowest BCUT2D eigenvalue weighted by Gasteiger charge is -2.18. The monoisotopic (exact) mass is 407 g/mol. The van der Waals surface area contributed by atoms with Crippen LogP contribution in [0.4, 0.5) is 19.0 Å². The van der Waals surface area contributed by atoms with Gasteiger partial charge in [0.2, 0.25) is 0 Å². The minimum absolute atomic E-state index is 0.126. The number of nitrogens with one attached hydrogen (secondary N) is 2. The summed E-state index contributed by atoms with van der Waals surface area (Å²) in [5.74, 6) is 0.177. The molecule has 0 radical (unpaired) electrons. The number of carbonyl (C=O) groups excluding carboxylic acids is 1. The van der Waals surface area contributed by atoms with E-state index in [1.807, 2.05) is 22.4 Å². The number of aromatic amines is 1. The zero-order chi connectivity index (χ0) is 19.7. The summed E-state index contributed by atoms with van der Waals surface area (Å²) in [4.78, 5) is 19.2. The second kappa shape index (κ2) is 7.27. The summed E-state index contributed by atoms with van der Waals surface area (Å²) in [5.41, 5.74) is 0.303. The number of thiophene rings is 1. The van der Waals surface area contributed by atoms with Crippen molar-refractivity contribution in [2.45, 2.75) is 18.6 Å². The Bertz CT molecular complexity index is 953. The molecule has 0 unspecified atom stereocenters. The van der Waals surface area contributed by atoms with E-state index in [2.05, 4.69) is 20.5 Å². The summed E-state index contributed by atoms with van der Waals surface area (Å²) in [7, 11) is 0. The van der Waals surface area contributed by atoms with Crippen LogP contribution >= 0.6 is 11.3 Å². The highest BCUT2D eigenvalue weighted by molar-refractivity contribution is 7.13. The van der Waals surface area contributed by atoms with Gasteiger partial charge >= 0.3 is 6.18 Å². The molecule has 1 saturated heterocycles. The van der Waals surface area contributed by atoms with E-state index in [4.69, 9.17) is 0 Å². The molecule has 10 heteroatoms. The SMILES string of the molecule is O=C(N[C@H]1CCN(c2ccc(C(F)(F)F)cn2)C1)c1cc(-c2cccs2)[nH]n1. The number of amides is 1. The van der Waals surface area contributed by atoms with Crippen LogP contribution in [0.25, 0.3) is 10.6 Å². The molecule has 3 aromatic heterocycles. The van der Waals surface area contributed by atoms with E-state index in [1.165, 1.54) is 6.07 Å². The number of rotatable bonds is 4. The molecular weight excluding hydrogens is 391 g/mol. The third-order valence-corrected chi connectivity index (χ3v) is 5.42. The Morgan fingerprint density at radius 3 is 2.86 bits per heavy atom. The fourth-order valence-corrected chi connectivity index (χ4v) is 3.77. The Kier molecular flexibility index (Phi) is 4.80. The van der Waals surface area contributed by atoms with Gasteiger partial charge in [0.1, 0.15) is 5.82 Å². The highest BCUT2D eigenvalue weighted by atomic mass is 32.1. The molecule has 6 nitrogen and oxygen atoms in total. The smallest absolute Gasteiger partial charge is 0.354 e.